The van der Waals surface area contributed by atoms with Crippen LogP contribution < -0.4 is 10.0 Å². The van der Waals surface area contributed by atoms with Crippen molar-refractivity contribution in [2.75, 3.05) is 10.0 Å². The number of amides is 1. The van der Waals surface area contributed by atoms with E-state index in [1.807, 2.05) is 25.1 Å². The van der Waals surface area contributed by atoms with Crippen molar-refractivity contribution >= 4 is 38.3 Å². The van der Waals surface area contributed by atoms with Crippen LogP contribution in [0.3, 0.4) is 0 Å². The lowest BCUT2D eigenvalue weighted by molar-refractivity contribution is -0.115. The molecule has 31 heavy (non-hydrogen) atoms. The van der Waals surface area contributed by atoms with Crippen LogP contribution in [0.5, 0.6) is 0 Å². The van der Waals surface area contributed by atoms with Crippen LogP contribution in [0.2, 0.25) is 0 Å². The van der Waals surface area contributed by atoms with E-state index in [2.05, 4.69) is 10.0 Å². The number of carbonyl (C=O) groups excluding carboxylic acids is 1. The van der Waals surface area contributed by atoms with Crippen LogP contribution in [0.1, 0.15) is 11.1 Å². The Morgan fingerprint density at radius 3 is 2.65 bits per heavy atom. The van der Waals surface area contributed by atoms with E-state index in [0.29, 0.717) is 11.3 Å². The van der Waals surface area contributed by atoms with E-state index in [4.69, 9.17) is 4.42 Å². The molecule has 0 radical (unpaired) electrons. The zero-order valence-electron chi connectivity index (χ0n) is 16.6. The first-order valence-corrected chi connectivity index (χ1v) is 10.9. The normalized spacial score (nSPS) is 11.4. The summed E-state index contributed by atoms with van der Waals surface area (Å²) < 4.78 is 46.8. The number of halogens is 1. The monoisotopic (exact) mass is 438 g/mol. The zero-order valence-corrected chi connectivity index (χ0v) is 17.4. The Morgan fingerprint density at radius 1 is 1.03 bits per heavy atom. The highest BCUT2D eigenvalue weighted by atomic mass is 32.2. The first-order valence-electron chi connectivity index (χ1n) is 9.46. The molecule has 4 aromatic rings. The van der Waals surface area contributed by atoms with Crippen LogP contribution in [0, 0.1) is 12.7 Å². The van der Waals surface area contributed by atoms with Crippen molar-refractivity contribution < 1.29 is 22.0 Å². The maximum absolute atomic E-state index is 13.8. The predicted molar refractivity (Wildman–Crippen MR) is 117 cm³/mol. The molecule has 8 heteroatoms. The third-order valence-electron chi connectivity index (χ3n) is 4.71. The van der Waals surface area contributed by atoms with E-state index in [1.54, 1.807) is 12.3 Å². The highest BCUT2D eigenvalue weighted by Crippen LogP contribution is 2.24. The number of para-hydroxylation sites is 1. The molecular weight excluding hydrogens is 419 g/mol. The maximum atomic E-state index is 13.8. The molecule has 0 aliphatic carbocycles. The Bertz CT molecular complexity index is 1380. The minimum Gasteiger partial charge on any atom is -0.464 e. The SMILES string of the molecule is Cc1ccc2c(CC(=O)Nc3cccc(S(=O)(=O)Nc4ccccc4F)c3)coc2c1. The van der Waals surface area contributed by atoms with E-state index in [9.17, 15) is 17.6 Å². The fourth-order valence-electron chi connectivity index (χ4n) is 3.19. The number of rotatable bonds is 6. The second kappa shape index (κ2) is 8.23. The van der Waals surface area contributed by atoms with Gasteiger partial charge in [0.1, 0.15) is 11.4 Å². The lowest BCUT2D eigenvalue weighted by Gasteiger charge is -2.11. The third kappa shape index (κ3) is 4.59. The summed E-state index contributed by atoms with van der Waals surface area (Å²) in [6, 6.07) is 17.0. The molecule has 6 nitrogen and oxygen atoms in total. The molecule has 158 valence electrons. The van der Waals surface area contributed by atoms with Gasteiger partial charge in [0.05, 0.1) is 23.3 Å². The summed E-state index contributed by atoms with van der Waals surface area (Å²) in [5.74, 6) is -1.00. The van der Waals surface area contributed by atoms with Crippen molar-refractivity contribution in [2.45, 2.75) is 18.2 Å². The lowest BCUT2D eigenvalue weighted by Crippen LogP contribution is -2.16. The van der Waals surface area contributed by atoms with E-state index in [0.717, 1.165) is 22.6 Å². The molecule has 0 bridgehead atoms. The van der Waals surface area contributed by atoms with Crippen LogP contribution in [-0.4, -0.2) is 14.3 Å². The molecule has 0 unspecified atom stereocenters. The molecular formula is C23H19FN2O4S. The number of hydrogen-bond donors (Lipinski definition) is 2. The van der Waals surface area contributed by atoms with Gasteiger partial charge in [-0.3, -0.25) is 9.52 Å². The van der Waals surface area contributed by atoms with Crippen LogP contribution in [0.25, 0.3) is 11.0 Å². The fraction of sp³-hybridized carbons (Fsp3) is 0.0870. The largest absolute Gasteiger partial charge is 0.464 e. The van der Waals surface area contributed by atoms with Crippen LogP contribution in [0.15, 0.2) is 82.3 Å². The Hall–Kier alpha value is -3.65. The van der Waals surface area contributed by atoms with Crippen LogP contribution >= 0.6 is 0 Å². The van der Waals surface area contributed by atoms with Crippen molar-refractivity contribution in [3.63, 3.8) is 0 Å². The second-order valence-electron chi connectivity index (χ2n) is 7.10. The summed E-state index contributed by atoms with van der Waals surface area (Å²) in [7, 11) is -4.03. The van der Waals surface area contributed by atoms with Gasteiger partial charge in [-0.25, -0.2) is 12.8 Å². The van der Waals surface area contributed by atoms with Gasteiger partial charge in [-0.2, -0.15) is 0 Å². The molecule has 0 saturated carbocycles. The Balaban J connectivity index is 1.50. The number of sulfonamides is 1. The van der Waals surface area contributed by atoms with Gasteiger partial charge in [0.25, 0.3) is 10.0 Å². The number of fused-ring (bicyclic) bond motifs is 1. The summed E-state index contributed by atoms with van der Waals surface area (Å²) in [4.78, 5) is 12.4. The number of hydrogen-bond acceptors (Lipinski definition) is 4. The summed E-state index contributed by atoms with van der Waals surface area (Å²) in [6.07, 6.45) is 1.61. The molecule has 2 N–H and O–H groups in total. The first kappa shape index (κ1) is 20.6. The zero-order chi connectivity index (χ0) is 22.0. The maximum Gasteiger partial charge on any atom is 0.262 e. The molecule has 1 aromatic heterocycles. The summed E-state index contributed by atoms with van der Waals surface area (Å²) in [6.45, 7) is 1.95. The van der Waals surface area contributed by atoms with Crippen molar-refractivity contribution in [3.05, 3.63) is 89.9 Å². The molecule has 4 rings (SSSR count). The number of benzene rings is 3. The molecule has 3 aromatic carbocycles. The first-order chi connectivity index (χ1) is 14.8. The van der Waals surface area contributed by atoms with E-state index < -0.39 is 15.8 Å². The van der Waals surface area contributed by atoms with Crippen molar-refractivity contribution in [1.82, 2.24) is 0 Å². The smallest absolute Gasteiger partial charge is 0.262 e. The van der Waals surface area contributed by atoms with Gasteiger partial charge < -0.3 is 9.73 Å². The number of furan rings is 1. The molecule has 0 fully saturated rings. The standard InChI is InChI=1S/C23H19FN2O4S/c1-15-9-10-19-16(14-30-22(19)11-15)12-23(27)25-17-5-4-6-18(13-17)31(28,29)26-21-8-3-2-7-20(21)24/h2-11,13-14,26H,12H2,1H3,(H,25,27). The summed E-state index contributed by atoms with van der Waals surface area (Å²) >= 11 is 0. The minimum atomic E-state index is -4.03. The van der Waals surface area contributed by atoms with Gasteiger partial charge in [0.2, 0.25) is 5.91 Å². The molecule has 0 aliphatic rings. The second-order valence-corrected chi connectivity index (χ2v) is 8.78. The van der Waals surface area contributed by atoms with Gasteiger partial charge in [0.15, 0.2) is 0 Å². The van der Waals surface area contributed by atoms with E-state index >= 15 is 0 Å². The number of aryl methyl sites for hydroxylation is 1. The molecule has 0 spiro atoms. The average molecular weight is 438 g/mol. The van der Waals surface area contributed by atoms with E-state index in [-0.39, 0.29) is 22.9 Å². The van der Waals surface area contributed by atoms with Gasteiger partial charge >= 0.3 is 0 Å². The molecule has 0 saturated heterocycles. The predicted octanol–water partition coefficient (Wildman–Crippen LogP) is 4.86. The van der Waals surface area contributed by atoms with E-state index in [1.165, 1.54) is 36.4 Å². The van der Waals surface area contributed by atoms with Crippen LogP contribution in [0.4, 0.5) is 15.8 Å². The molecule has 1 heterocycles. The van der Waals surface area contributed by atoms with Crippen molar-refractivity contribution in [3.8, 4) is 0 Å². The number of anilines is 2. The Morgan fingerprint density at radius 2 is 1.84 bits per heavy atom. The topological polar surface area (TPSA) is 88.4 Å². The van der Waals surface area contributed by atoms with Crippen molar-refractivity contribution in [2.24, 2.45) is 0 Å². The summed E-state index contributed by atoms with van der Waals surface area (Å²) in [5.41, 5.74) is 2.65. The average Bonchev–Trinajstić information content (AvgIpc) is 3.11. The van der Waals surface area contributed by atoms with Crippen LogP contribution in [-0.2, 0) is 21.2 Å². The van der Waals surface area contributed by atoms with Gasteiger partial charge in [-0.05, 0) is 48.9 Å². The van der Waals surface area contributed by atoms with Crippen molar-refractivity contribution in [1.29, 1.82) is 0 Å². The van der Waals surface area contributed by atoms with Gasteiger partial charge in [-0.1, -0.05) is 30.3 Å². The third-order valence-corrected chi connectivity index (χ3v) is 6.07. The minimum absolute atomic E-state index is 0.0700. The Kier molecular flexibility index (Phi) is 5.48. The Labute approximate surface area is 178 Å². The lowest BCUT2D eigenvalue weighted by atomic mass is 10.1. The van der Waals surface area contributed by atoms with Gasteiger partial charge in [-0.15, -0.1) is 0 Å². The fourth-order valence-corrected chi connectivity index (χ4v) is 4.31. The number of carbonyl (C=O) groups is 1. The molecule has 1 amide bonds. The molecule has 0 atom stereocenters. The quantitative estimate of drug-likeness (QED) is 0.450. The summed E-state index contributed by atoms with van der Waals surface area (Å²) in [5, 5.41) is 3.55. The highest BCUT2D eigenvalue weighted by molar-refractivity contribution is 7.92. The van der Waals surface area contributed by atoms with Gasteiger partial charge in [0, 0.05) is 16.6 Å². The number of nitrogens with one attached hydrogen (secondary N) is 2. The molecule has 0 aliphatic heterocycles. The highest BCUT2D eigenvalue weighted by Gasteiger charge is 2.17.